The molecule has 0 saturated heterocycles. The lowest BCUT2D eigenvalue weighted by Crippen LogP contribution is -2.40. The number of ether oxygens (including phenoxy) is 4. The summed E-state index contributed by atoms with van der Waals surface area (Å²) < 4.78 is 23.1. The van der Waals surface area contributed by atoms with Crippen LogP contribution in [0.1, 0.15) is 386 Å². The van der Waals surface area contributed by atoms with Crippen molar-refractivity contribution in [2.24, 2.45) is 0 Å². The molecule has 0 spiro atoms. The standard InChI is InChI=1S/C90H159NO8/c1-6-8-10-12-14-16-18-20-22-24-26-28-30-32-34-36-38-40-41-42-43-44-45-46-47-49-51-53-55-57-59-61-63-65-67-69-71-73-75-77-79-81-88(93)99-86(85-98-90(89(94)95)96-83-82-91(3,4)5)84-97-87(92)80-78-76-74-72-70-68-66-64-62-60-58-56-54-52-50-48-39-37-35-33-31-29-27-25-23-21-19-17-15-13-11-9-7-2/h8,10,14,16,19-22,25-28,31-34,38,40,86,90H,6-7,9,11-13,15,17-18,23-24,29-30,35-37,39,41-85H2,1-5H3/p+1/b10-8-,16-14-,21-19-,22-20-,27-25-,28-26-,33-31-,34-32-,40-38-. The van der Waals surface area contributed by atoms with Crippen LogP contribution in [0, 0.1) is 0 Å². The minimum atomic E-state index is -1.51. The first-order chi connectivity index (χ1) is 48.6. The number of nitrogens with zero attached hydrogens (tertiary/aromatic N) is 1. The highest BCUT2D eigenvalue weighted by Crippen LogP contribution is 2.19. The average molecular weight is 1380 g/mol. The number of allylic oxidation sites excluding steroid dienone is 18. The van der Waals surface area contributed by atoms with Crippen molar-refractivity contribution in [2.75, 3.05) is 47.5 Å². The lowest BCUT2D eigenvalue weighted by molar-refractivity contribution is -0.870. The van der Waals surface area contributed by atoms with Gasteiger partial charge in [0.15, 0.2) is 6.10 Å². The molecule has 0 aromatic carbocycles. The number of esters is 2. The van der Waals surface area contributed by atoms with E-state index in [1.807, 2.05) is 21.1 Å². The van der Waals surface area contributed by atoms with Gasteiger partial charge in [0.25, 0.3) is 6.29 Å². The fourth-order valence-corrected chi connectivity index (χ4v) is 12.1. The van der Waals surface area contributed by atoms with Crippen LogP contribution < -0.4 is 0 Å². The van der Waals surface area contributed by atoms with Crippen LogP contribution >= 0.6 is 0 Å². The maximum Gasteiger partial charge on any atom is 0.361 e. The average Bonchev–Trinajstić information content (AvgIpc) is 2.62. The fourth-order valence-electron chi connectivity index (χ4n) is 12.1. The second kappa shape index (κ2) is 79.6. The molecule has 572 valence electrons. The van der Waals surface area contributed by atoms with Crippen molar-refractivity contribution >= 4 is 17.9 Å². The largest absolute Gasteiger partial charge is 0.477 e. The van der Waals surface area contributed by atoms with E-state index in [4.69, 9.17) is 18.9 Å². The zero-order chi connectivity index (χ0) is 71.8. The summed E-state index contributed by atoms with van der Waals surface area (Å²) in [5.74, 6) is -1.98. The maximum atomic E-state index is 13.0. The zero-order valence-electron chi connectivity index (χ0n) is 65.6. The third-order valence-electron chi connectivity index (χ3n) is 18.5. The van der Waals surface area contributed by atoms with Gasteiger partial charge < -0.3 is 28.5 Å². The Kier molecular flexibility index (Phi) is 76.4. The van der Waals surface area contributed by atoms with E-state index < -0.39 is 18.4 Å². The van der Waals surface area contributed by atoms with Crippen LogP contribution in [0.25, 0.3) is 0 Å². The molecule has 0 fully saturated rings. The van der Waals surface area contributed by atoms with Crippen LogP contribution in [0.3, 0.4) is 0 Å². The normalized spacial score (nSPS) is 13.2. The topological polar surface area (TPSA) is 108 Å². The minimum absolute atomic E-state index is 0.180. The predicted molar refractivity (Wildman–Crippen MR) is 428 cm³/mol. The molecule has 0 heterocycles. The molecule has 2 atom stereocenters. The molecule has 0 aliphatic carbocycles. The first kappa shape index (κ1) is 94.9. The molecule has 9 heteroatoms. The molecule has 0 aromatic heterocycles. The summed E-state index contributed by atoms with van der Waals surface area (Å²) in [7, 11) is 5.99. The van der Waals surface area contributed by atoms with Gasteiger partial charge in [0, 0.05) is 12.8 Å². The van der Waals surface area contributed by atoms with E-state index in [-0.39, 0.29) is 38.2 Å². The van der Waals surface area contributed by atoms with Gasteiger partial charge in [0.05, 0.1) is 34.4 Å². The Balaban J connectivity index is 3.97. The minimum Gasteiger partial charge on any atom is -0.477 e. The van der Waals surface area contributed by atoms with Gasteiger partial charge in [0.1, 0.15) is 13.2 Å². The quantitative estimate of drug-likeness (QED) is 0.0211. The Hall–Kier alpha value is -4.05. The van der Waals surface area contributed by atoms with Crippen LogP contribution in [0.4, 0.5) is 0 Å². The summed E-state index contributed by atoms with van der Waals surface area (Å²) in [6, 6.07) is 0. The summed E-state index contributed by atoms with van der Waals surface area (Å²) >= 11 is 0. The van der Waals surface area contributed by atoms with Crippen molar-refractivity contribution in [1.29, 1.82) is 0 Å². The van der Waals surface area contributed by atoms with E-state index in [1.165, 1.54) is 270 Å². The number of carbonyl (C=O) groups is 3. The second-order valence-electron chi connectivity index (χ2n) is 29.4. The number of carboxylic acid groups (broad SMARTS) is 1. The first-order valence-electron chi connectivity index (χ1n) is 42.1. The predicted octanol–water partition coefficient (Wildman–Crippen LogP) is 27.3. The SMILES string of the molecule is CC/C=C\C/C=C\C/C=C\C/C=C\C/C=C\C/C=C\CCCCCCCCCCCCCCCCCCCCCCCCC(=O)OC(COC(=O)CCCCCCCCCCCCCCCCCCCC/C=C\C/C=C\C/C=C\CCCCCCC)COC(OCC[N+](C)(C)C)C(=O)O. The number of likely N-dealkylation sites (N-methyl/N-ethyl adjacent to an activating group) is 1. The highest BCUT2D eigenvalue weighted by atomic mass is 16.7. The number of rotatable bonds is 78. The molecular formula is C90H160NO8+. The van der Waals surface area contributed by atoms with Crippen molar-refractivity contribution < 1.29 is 42.9 Å². The third-order valence-corrected chi connectivity index (χ3v) is 18.5. The number of quaternary nitrogens is 1. The molecular weight excluding hydrogens is 1220 g/mol. The highest BCUT2D eigenvalue weighted by Gasteiger charge is 2.25. The first-order valence-corrected chi connectivity index (χ1v) is 42.1. The van der Waals surface area contributed by atoms with Gasteiger partial charge in [-0.2, -0.15) is 0 Å². The van der Waals surface area contributed by atoms with Gasteiger partial charge in [-0.3, -0.25) is 9.59 Å². The summed E-state index contributed by atoms with van der Waals surface area (Å²) in [4.78, 5) is 37.8. The van der Waals surface area contributed by atoms with Crippen LogP contribution in [0.2, 0.25) is 0 Å². The third kappa shape index (κ3) is 81.1. The van der Waals surface area contributed by atoms with E-state index in [0.717, 1.165) is 89.9 Å². The van der Waals surface area contributed by atoms with E-state index in [9.17, 15) is 19.5 Å². The van der Waals surface area contributed by atoms with E-state index in [1.54, 1.807) is 0 Å². The molecule has 0 bridgehead atoms. The second-order valence-corrected chi connectivity index (χ2v) is 29.4. The number of carbonyl (C=O) groups excluding carboxylic acids is 2. The van der Waals surface area contributed by atoms with Crippen LogP contribution in [-0.2, 0) is 33.3 Å². The molecule has 0 aliphatic heterocycles. The molecule has 1 N–H and O–H groups in total. The molecule has 0 saturated carbocycles. The molecule has 0 amide bonds. The van der Waals surface area contributed by atoms with Crippen molar-refractivity contribution in [2.45, 2.75) is 399 Å². The molecule has 0 aliphatic rings. The maximum absolute atomic E-state index is 13.0. The van der Waals surface area contributed by atoms with Crippen LogP contribution in [0.15, 0.2) is 109 Å². The molecule has 9 nitrogen and oxygen atoms in total. The molecule has 2 unspecified atom stereocenters. The number of hydrogen-bond acceptors (Lipinski definition) is 7. The van der Waals surface area contributed by atoms with Gasteiger partial charge in [-0.25, -0.2) is 4.79 Å². The Morgan fingerprint density at radius 3 is 0.859 bits per heavy atom. The molecule has 0 rings (SSSR count). The Bertz CT molecular complexity index is 2000. The fraction of sp³-hybridized carbons (Fsp3) is 0.767. The smallest absolute Gasteiger partial charge is 0.361 e. The summed E-state index contributed by atoms with van der Waals surface area (Å²) in [6.45, 7) is 4.80. The van der Waals surface area contributed by atoms with Crippen molar-refractivity contribution in [1.82, 2.24) is 0 Å². The van der Waals surface area contributed by atoms with E-state index in [0.29, 0.717) is 17.4 Å². The lowest BCUT2D eigenvalue weighted by atomic mass is 10.0. The number of unbranched alkanes of at least 4 members (excludes halogenated alkanes) is 45. The molecule has 0 aromatic rings. The van der Waals surface area contributed by atoms with Crippen LogP contribution in [0.5, 0.6) is 0 Å². The van der Waals surface area contributed by atoms with Crippen LogP contribution in [-0.4, -0.2) is 87.4 Å². The van der Waals surface area contributed by atoms with Gasteiger partial charge >= 0.3 is 17.9 Å². The highest BCUT2D eigenvalue weighted by molar-refractivity contribution is 5.71. The van der Waals surface area contributed by atoms with Gasteiger partial charge in [-0.15, -0.1) is 0 Å². The molecule has 0 radical (unpaired) electrons. The Labute approximate surface area is 613 Å². The number of carboxylic acids is 1. The van der Waals surface area contributed by atoms with Gasteiger partial charge in [-0.1, -0.05) is 380 Å². The van der Waals surface area contributed by atoms with E-state index in [2.05, 4.69) is 123 Å². The van der Waals surface area contributed by atoms with Gasteiger partial charge in [-0.05, 0) is 103 Å². The molecule has 99 heavy (non-hydrogen) atoms. The lowest BCUT2D eigenvalue weighted by Gasteiger charge is -2.25. The van der Waals surface area contributed by atoms with Crippen molar-refractivity contribution in [3.8, 4) is 0 Å². The van der Waals surface area contributed by atoms with Crippen molar-refractivity contribution in [3.05, 3.63) is 109 Å². The number of hydrogen-bond donors (Lipinski definition) is 1. The summed E-state index contributed by atoms with van der Waals surface area (Å²) in [5, 5.41) is 9.78. The Morgan fingerprint density at radius 2 is 0.576 bits per heavy atom. The summed E-state index contributed by atoms with van der Waals surface area (Å²) in [6.07, 6.45) is 110. The van der Waals surface area contributed by atoms with E-state index >= 15 is 0 Å². The van der Waals surface area contributed by atoms with Crippen molar-refractivity contribution in [3.63, 3.8) is 0 Å². The Morgan fingerprint density at radius 1 is 0.313 bits per heavy atom. The zero-order valence-corrected chi connectivity index (χ0v) is 65.6. The summed E-state index contributed by atoms with van der Waals surface area (Å²) in [5.41, 5.74) is 0. The monoisotopic (exact) mass is 1380 g/mol. The van der Waals surface area contributed by atoms with Gasteiger partial charge in [0.2, 0.25) is 0 Å². The number of aliphatic carboxylic acids is 1.